The molecule has 0 aliphatic rings. The van der Waals surface area contributed by atoms with Crippen LogP contribution in [0, 0.1) is 6.92 Å². The fourth-order valence-electron chi connectivity index (χ4n) is 2.09. The SMILES string of the molecule is C=CCNC(=O)CNc1ccc(NC(=O)c2cccc(C)c2)cc1. The number of rotatable bonds is 7. The van der Waals surface area contributed by atoms with Crippen LogP contribution in [-0.2, 0) is 4.79 Å². The van der Waals surface area contributed by atoms with E-state index >= 15 is 0 Å². The van der Waals surface area contributed by atoms with E-state index in [0.717, 1.165) is 11.3 Å². The molecule has 0 spiro atoms. The fourth-order valence-corrected chi connectivity index (χ4v) is 2.09. The van der Waals surface area contributed by atoms with E-state index in [0.29, 0.717) is 17.8 Å². The first kappa shape index (κ1) is 17.3. The minimum absolute atomic E-state index is 0.105. The van der Waals surface area contributed by atoms with Crippen molar-refractivity contribution in [3.63, 3.8) is 0 Å². The van der Waals surface area contributed by atoms with E-state index in [2.05, 4.69) is 22.5 Å². The Hall–Kier alpha value is -3.08. The summed E-state index contributed by atoms with van der Waals surface area (Å²) >= 11 is 0. The van der Waals surface area contributed by atoms with Gasteiger partial charge >= 0.3 is 0 Å². The van der Waals surface area contributed by atoms with Gasteiger partial charge in [0.2, 0.25) is 5.91 Å². The molecule has 0 aliphatic carbocycles. The van der Waals surface area contributed by atoms with Crippen molar-refractivity contribution in [3.05, 3.63) is 72.3 Å². The maximum Gasteiger partial charge on any atom is 0.255 e. The molecule has 3 N–H and O–H groups in total. The Morgan fingerprint density at radius 3 is 2.46 bits per heavy atom. The highest BCUT2D eigenvalue weighted by Crippen LogP contribution is 2.15. The summed E-state index contributed by atoms with van der Waals surface area (Å²) in [5.41, 5.74) is 3.16. The first-order chi connectivity index (χ1) is 11.6. The minimum Gasteiger partial charge on any atom is -0.376 e. The summed E-state index contributed by atoms with van der Waals surface area (Å²) in [6.45, 7) is 6.12. The van der Waals surface area contributed by atoms with E-state index in [9.17, 15) is 9.59 Å². The number of hydrogen-bond donors (Lipinski definition) is 3. The van der Waals surface area contributed by atoms with Crippen LogP contribution in [0.2, 0.25) is 0 Å². The monoisotopic (exact) mass is 323 g/mol. The van der Waals surface area contributed by atoms with Crippen LogP contribution in [0.4, 0.5) is 11.4 Å². The minimum atomic E-state index is -0.150. The normalized spacial score (nSPS) is 9.88. The molecule has 0 unspecified atom stereocenters. The van der Waals surface area contributed by atoms with Gasteiger partial charge < -0.3 is 16.0 Å². The Morgan fingerprint density at radius 2 is 1.79 bits per heavy atom. The molecule has 2 amide bonds. The first-order valence-electron chi connectivity index (χ1n) is 7.68. The van der Waals surface area contributed by atoms with Crippen LogP contribution in [0.1, 0.15) is 15.9 Å². The number of nitrogens with one attached hydrogen (secondary N) is 3. The maximum absolute atomic E-state index is 12.2. The van der Waals surface area contributed by atoms with Gasteiger partial charge in [-0.2, -0.15) is 0 Å². The molecular weight excluding hydrogens is 302 g/mol. The van der Waals surface area contributed by atoms with Crippen molar-refractivity contribution >= 4 is 23.2 Å². The van der Waals surface area contributed by atoms with Crippen LogP contribution in [0.3, 0.4) is 0 Å². The zero-order valence-corrected chi connectivity index (χ0v) is 13.6. The van der Waals surface area contributed by atoms with Crippen LogP contribution in [0.15, 0.2) is 61.2 Å². The van der Waals surface area contributed by atoms with Crippen LogP contribution in [0.5, 0.6) is 0 Å². The standard InChI is InChI=1S/C19H21N3O2/c1-3-11-20-18(23)13-21-16-7-9-17(10-8-16)22-19(24)15-6-4-5-14(2)12-15/h3-10,12,21H,1,11,13H2,2H3,(H,20,23)(H,22,24). The molecule has 0 aromatic heterocycles. The molecule has 0 aliphatic heterocycles. The molecule has 5 nitrogen and oxygen atoms in total. The molecule has 2 aromatic rings. The summed E-state index contributed by atoms with van der Waals surface area (Å²) in [4.78, 5) is 23.7. The van der Waals surface area contributed by atoms with Gasteiger partial charge in [0.15, 0.2) is 0 Å². The number of carbonyl (C=O) groups is 2. The number of aryl methyl sites for hydroxylation is 1. The zero-order valence-electron chi connectivity index (χ0n) is 13.6. The van der Waals surface area contributed by atoms with Crippen LogP contribution in [0.25, 0.3) is 0 Å². The van der Waals surface area contributed by atoms with E-state index in [4.69, 9.17) is 0 Å². The van der Waals surface area contributed by atoms with Gasteiger partial charge in [0.05, 0.1) is 6.54 Å². The molecule has 5 heteroatoms. The average molecular weight is 323 g/mol. The Kier molecular flexibility index (Phi) is 6.14. The molecule has 0 heterocycles. The van der Waals surface area contributed by atoms with Gasteiger partial charge in [-0.25, -0.2) is 0 Å². The molecule has 0 fully saturated rings. The molecule has 24 heavy (non-hydrogen) atoms. The quantitative estimate of drug-likeness (QED) is 0.686. The van der Waals surface area contributed by atoms with Gasteiger partial charge in [-0.15, -0.1) is 6.58 Å². The second kappa shape index (κ2) is 8.53. The summed E-state index contributed by atoms with van der Waals surface area (Å²) in [7, 11) is 0. The van der Waals surface area contributed by atoms with E-state index < -0.39 is 0 Å². The van der Waals surface area contributed by atoms with Crippen molar-refractivity contribution in [2.75, 3.05) is 23.7 Å². The molecule has 0 saturated carbocycles. The van der Waals surface area contributed by atoms with Gasteiger partial charge in [-0.3, -0.25) is 9.59 Å². The first-order valence-corrected chi connectivity index (χ1v) is 7.68. The fraction of sp³-hybridized carbons (Fsp3) is 0.158. The summed E-state index contributed by atoms with van der Waals surface area (Å²) in [6.07, 6.45) is 1.63. The molecule has 0 saturated heterocycles. The Balaban J connectivity index is 1.88. The van der Waals surface area contributed by atoms with Crippen LogP contribution < -0.4 is 16.0 Å². The Morgan fingerprint density at radius 1 is 1.08 bits per heavy atom. The third kappa shape index (κ3) is 5.28. The largest absolute Gasteiger partial charge is 0.376 e. The van der Waals surface area contributed by atoms with Crippen molar-refractivity contribution in [3.8, 4) is 0 Å². The summed E-state index contributed by atoms with van der Waals surface area (Å²) in [5.74, 6) is -0.255. The number of anilines is 2. The maximum atomic E-state index is 12.2. The average Bonchev–Trinajstić information content (AvgIpc) is 2.59. The molecule has 2 rings (SSSR count). The van der Waals surface area contributed by atoms with Crippen molar-refractivity contribution < 1.29 is 9.59 Å². The smallest absolute Gasteiger partial charge is 0.255 e. The van der Waals surface area contributed by atoms with Gasteiger partial charge in [0, 0.05) is 23.5 Å². The van der Waals surface area contributed by atoms with Gasteiger partial charge in [0.1, 0.15) is 0 Å². The Labute approximate surface area is 141 Å². The third-order valence-electron chi connectivity index (χ3n) is 3.32. The highest BCUT2D eigenvalue weighted by molar-refractivity contribution is 6.04. The van der Waals surface area contributed by atoms with Crippen molar-refractivity contribution in [1.29, 1.82) is 0 Å². The zero-order chi connectivity index (χ0) is 17.4. The van der Waals surface area contributed by atoms with E-state index in [1.807, 2.05) is 37.3 Å². The lowest BCUT2D eigenvalue weighted by atomic mass is 10.1. The molecular formula is C19H21N3O2. The van der Waals surface area contributed by atoms with E-state index in [1.165, 1.54) is 0 Å². The highest BCUT2D eigenvalue weighted by Gasteiger charge is 2.06. The second-order valence-electron chi connectivity index (χ2n) is 5.35. The van der Waals surface area contributed by atoms with Crippen molar-refractivity contribution in [2.24, 2.45) is 0 Å². The lowest BCUT2D eigenvalue weighted by Gasteiger charge is -2.09. The number of benzene rings is 2. The van der Waals surface area contributed by atoms with Gasteiger partial charge in [-0.1, -0.05) is 23.8 Å². The van der Waals surface area contributed by atoms with E-state index in [1.54, 1.807) is 24.3 Å². The van der Waals surface area contributed by atoms with Crippen LogP contribution >= 0.6 is 0 Å². The molecule has 0 radical (unpaired) electrons. The summed E-state index contributed by atoms with van der Waals surface area (Å²) < 4.78 is 0. The third-order valence-corrected chi connectivity index (χ3v) is 3.32. The second-order valence-corrected chi connectivity index (χ2v) is 5.35. The van der Waals surface area contributed by atoms with E-state index in [-0.39, 0.29) is 18.4 Å². The topological polar surface area (TPSA) is 70.2 Å². The molecule has 2 aromatic carbocycles. The van der Waals surface area contributed by atoms with Crippen molar-refractivity contribution in [2.45, 2.75) is 6.92 Å². The summed E-state index contributed by atoms with van der Waals surface area (Å²) in [5, 5.41) is 8.55. The lowest BCUT2D eigenvalue weighted by Crippen LogP contribution is -2.29. The van der Waals surface area contributed by atoms with Crippen molar-refractivity contribution in [1.82, 2.24) is 5.32 Å². The van der Waals surface area contributed by atoms with Gasteiger partial charge in [0.25, 0.3) is 5.91 Å². The molecule has 0 atom stereocenters. The lowest BCUT2D eigenvalue weighted by molar-refractivity contribution is -0.119. The van der Waals surface area contributed by atoms with Gasteiger partial charge in [-0.05, 0) is 43.3 Å². The number of hydrogen-bond acceptors (Lipinski definition) is 3. The molecule has 124 valence electrons. The predicted molar refractivity (Wildman–Crippen MR) is 97.3 cm³/mol. The number of amides is 2. The van der Waals surface area contributed by atoms with Crippen LogP contribution in [-0.4, -0.2) is 24.9 Å². The predicted octanol–water partition coefficient (Wildman–Crippen LogP) is 2.96. The Bertz CT molecular complexity index is 724. The molecule has 0 bridgehead atoms. The highest BCUT2D eigenvalue weighted by atomic mass is 16.2. The summed E-state index contributed by atoms with van der Waals surface area (Å²) in [6, 6.07) is 14.6. The number of carbonyl (C=O) groups excluding carboxylic acids is 2.